The maximum absolute atomic E-state index is 6.35. The van der Waals surface area contributed by atoms with Gasteiger partial charge in [-0.15, -0.1) is 0 Å². The number of hydrogen-bond acceptors (Lipinski definition) is 32. The van der Waals surface area contributed by atoms with Crippen molar-refractivity contribution in [2.45, 2.75) is 292 Å². The van der Waals surface area contributed by atoms with Crippen LogP contribution in [0.5, 0.6) is 0 Å². The monoisotopic (exact) mass is 1470 g/mol. The average Bonchev–Trinajstić information content (AvgIpc) is 1.59. The van der Waals surface area contributed by atoms with Crippen LogP contribution in [0.15, 0.2) is 12.2 Å². The predicted octanol–water partition coefficient (Wildman–Crippen LogP) is 4.07. The molecule has 0 bridgehead atoms. The van der Waals surface area contributed by atoms with Crippen LogP contribution in [0, 0.1) is 0 Å². The summed E-state index contributed by atoms with van der Waals surface area (Å²) in [5.74, 6) is -6.63. The van der Waals surface area contributed by atoms with E-state index in [1.165, 1.54) is 0 Å². The van der Waals surface area contributed by atoms with Gasteiger partial charge in [0.2, 0.25) is 0 Å². The summed E-state index contributed by atoms with van der Waals surface area (Å²) in [6.07, 6.45) is -11.0. The van der Waals surface area contributed by atoms with E-state index in [1.807, 2.05) is 111 Å². The maximum Gasteiger partial charge on any atom is 0.187 e. The molecule has 0 saturated carbocycles. The third-order valence-corrected chi connectivity index (χ3v) is 18.8. The lowest BCUT2D eigenvalue weighted by Gasteiger charge is -2.48. The Labute approximate surface area is 599 Å². The summed E-state index contributed by atoms with van der Waals surface area (Å²) in [5.41, 5.74) is 0.716. The Morgan fingerprint density at radius 3 is 0.735 bits per heavy atom. The van der Waals surface area contributed by atoms with Crippen molar-refractivity contribution in [3.8, 4) is 0 Å². The molecule has 0 N–H and O–H groups in total. The quantitative estimate of drug-likeness (QED) is 0.0631. The minimum absolute atomic E-state index is 0.178. The van der Waals surface area contributed by atoms with E-state index in [0.717, 1.165) is 0 Å². The Kier molecular flexibility index (Phi) is 26.3. The van der Waals surface area contributed by atoms with Crippen molar-refractivity contribution >= 4 is 0 Å². The Bertz CT molecular complexity index is 2320. The van der Waals surface area contributed by atoms with E-state index >= 15 is 0 Å². The standard InChI is InChI=1S/C70H116O32/c1-40(30-71-18-24-77-41(32-73-20-26-79-59-55-51(95-67(10,11)99-55)47-43(87-59)36-83-63(2,3)91-47)33-74-21-27-80-60-56-52(96-68(12,13)100-56)48-44(88-60)37-84-64(4,5)92-48)31-72-19-25-78-42(34-75-22-28-81-61-57-53(97-69(14,15)101-57)49-45(89-61)38-85-65(6,7)93-49)35-76-23-29-82-62-58-54(98-70(16,17)102-58)50-46(90-62)39-86-66(8,9)94-50/h41-62H,1,18-39H2,2-17H3/t43-,44-,45-,46-,47-,48-,49-,50-,51+,52+,53+,54+,55+,56+,57+,58+,59+,60+,61+,62+/m1/s1. The van der Waals surface area contributed by atoms with Crippen LogP contribution in [0.3, 0.4) is 0 Å². The Hall–Kier alpha value is -1.54. The highest BCUT2D eigenvalue weighted by Gasteiger charge is 2.63. The van der Waals surface area contributed by atoms with Crippen LogP contribution in [-0.4, -0.2) is 327 Å². The van der Waals surface area contributed by atoms with Gasteiger partial charge < -0.3 is 152 Å². The highest BCUT2D eigenvalue weighted by atomic mass is 16.9. The van der Waals surface area contributed by atoms with Crippen molar-refractivity contribution in [2.75, 3.05) is 145 Å². The topological polar surface area (TPSA) is 295 Å². The lowest BCUT2D eigenvalue weighted by molar-refractivity contribution is -0.371. The van der Waals surface area contributed by atoms with E-state index in [-0.39, 0.29) is 119 Å². The summed E-state index contributed by atoms with van der Waals surface area (Å²) < 4.78 is 199. The van der Waals surface area contributed by atoms with Crippen molar-refractivity contribution in [3.63, 3.8) is 0 Å². The van der Waals surface area contributed by atoms with Crippen molar-refractivity contribution in [2.24, 2.45) is 0 Å². The molecule has 0 unspecified atom stereocenters. The Morgan fingerprint density at radius 1 is 0.275 bits per heavy atom. The number of fused-ring (bicyclic) bond motifs is 12. The van der Waals surface area contributed by atoms with Gasteiger partial charge in [0.25, 0.3) is 0 Å². The van der Waals surface area contributed by atoms with Gasteiger partial charge in [-0.2, -0.15) is 0 Å². The first-order valence-corrected chi connectivity index (χ1v) is 36.4. The zero-order valence-corrected chi connectivity index (χ0v) is 62.5. The lowest BCUT2D eigenvalue weighted by atomic mass is 9.97. The fourth-order valence-corrected chi connectivity index (χ4v) is 14.6. The van der Waals surface area contributed by atoms with Crippen molar-refractivity contribution in [3.05, 3.63) is 12.2 Å². The molecule has 12 aliphatic rings. The third-order valence-electron chi connectivity index (χ3n) is 18.8. The molecular formula is C70H116O32. The largest absolute Gasteiger partial charge is 0.376 e. The molecule has 0 aromatic carbocycles. The zero-order valence-electron chi connectivity index (χ0n) is 62.5. The highest BCUT2D eigenvalue weighted by molar-refractivity contribution is 5.04. The number of rotatable bonds is 36. The van der Waals surface area contributed by atoms with Gasteiger partial charge in [-0.05, 0) is 116 Å². The van der Waals surface area contributed by atoms with Crippen LogP contribution in [0.1, 0.15) is 111 Å². The first kappa shape index (κ1) is 80.0. The first-order chi connectivity index (χ1) is 48.3. The molecule has 12 fully saturated rings. The van der Waals surface area contributed by atoms with Crippen LogP contribution in [0.4, 0.5) is 0 Å². The molecule has 20 atom stereocenters. The molecule has 102 heavy (non-hydrogen) atoms. The average molecular weight is 1470 g/mol. The summed E-state index contributed by atoms with van der Waals surface area (Å²) in [5, 5.41) is 0. The minimum Gasteiger partial charge on any atom is -0.376 e. The van der Waals surface area contributed by atoms with Crippen LogP contribution in [-0.2, 0) is 152 Å². The molecule has 0 spiro atoms. The van der Waals surface area contributed by atoms with E-state index < -0.39 is 181 Å². The fraction of sp³-hybridized carbons (Fsp3) is 0.971. The van der Waals surface area contributed by atoms with Crippen LogP contribution >= 0.6 is 0 Å². The smallest absolute Gasteiger partial charge is 0.187 e. The third kappa shape index (κ3) is 21.1. The van der Waals surface area contributed by atoms with Gasteiger partial charge in [-0.3, -0.25) is 0 Å². The first-order valence-electron chi connectivity index (χ1n) is 36.4. The maximum atomic E-state index is 6.35. The molecule has 12 rings (SSSR count). The van der Waals surface area contributed by atoms with Gasteiger partial charge in [-0.25, -0.2) is 0 Å². The molecule has 32 heteroatoms. The predicted molar refractivity (Wildman–Crippen MR) is 347 cm³/mol. The summed E-state index contributed by atoms with van der Waals surface area (Å²) in [7, 11) is 0. The Balaban J connectivity index is 0.578. The van der Waals surface area contributed by atoms with Crippen molar-refractivity contribution in [1.29, 1.82) is 0 Å². The Morgan fingerprint density at radius 2 is 0.490 bits per heavy atom. The van der Waals surface area contributed by atoms with Gasteiger partial charge in [0.15, 0.2) is 71.5 Å². The second-order valence-corrected chi connectivity index (χ2v) is 31.2. The molecule has 0 aromatic rings. The number of ether oxygens (including phenoxy) is 32. The summed E-state index contributed by atoms with van der Waals surface area (Å²) in [6, 6.07) is 0. The van der Waals surface area contributed by atoms with E-state index in [0.29, 0.717) is 32.0 Å². The SMILES string of the molecule is C=C(COCCOC(COCCO[C@H]1O[C@@H]2COC(C)(C)O[C@H]2[C@@H]2OC(C)(C)O[C@H]12)COCCO[C@H]1O[C@@H]2COC(C)(C)O[C@H]2[C@@H]2OC(C)(C)O[C@H]12)COCCOC(COCCO[C@H]1O[C@@H]2COC(C)(C)O[C@H]2[C@@H]2OC(C)(C)O[C@H]12)COCCO[C@H]1O[C@@H]2COC(C)(C)O[C@H]2[C@@H]2OC(C)(C)O[C@H]12. The van der Waals surface area contributed by atoms with Crippen LogP contribution in [0.25, 0.3) is 0 Å². The summed E-state index contributed by atoms with van der Waals surface area (Å²) in [4.78, 5) is 0. The highest BCUT2D eigenvalue weighted by Crippen LogP contribution is 2.47. The molecule has 0 aliphatic carbocycles. The lowest BCUT2D eigenvalue weighted by Crippen LogP contribution is -2.64. The van der Waals surface area contributed by atoms with Crippen LogP contribution < -0.4 is 0 Å². The molecule has 0 amide bonds. The van der Waals surface area contributed by atoms with Crippen molar-refractivity contribution < 1.29 is 152 Å². The van der Waals surface area contributed by atoms with Gasteiger partial charge >= 0.3 is 0 Å². The molecule has 588 valence electrons. The van der Waals surface area contributed by atoms with E-state index in [9.17, 15) is 0 Å². The second kappa shape index (κ2) is 33.6. The molecule has 32 nitrogen and oxygen atoms in total. The molecular weight excluding hydrogens is 1350 g/mol. The number of hydrogen-bond donors (Lipinski definition) is 0. The van der Waals surface area contributed by atoms with E-state index in [4.69, 9.17) is 152 Å². The van der Waals surface area contributed by atoms with E-state index in [2.05, 4.69) is 6.58 Å². The van der Waals surface area contributed by atoms with Gasteiger partial charge in [0.1, 0.15) is 110 Å². The summed E-state index contributed by atoms with van der Waals surface area (Å²) in [6.45, 7) is 39.1. The van der Waals surface area contributed by atoms with Crippen molar-refractivity contribution in [1.82, 2.24) is 0 Å². The van der Waals surface area contributed by atoms with Gasteiger partial charge in [-0.1, -0.05) is 6.58 Å². The molecule has 12 saturated heterocycles. The minimum atomic E-state index is -0.862. The van der Waals surface area contributed by atoms with E-state index in [1.54, 1.807) is 0 Å². The molecule has 12 heterocycles. The molecule has 0 aromatic heterocycles. The summed E-state index contributed by atoms with van der Waals surface area (Å²) >= 11 is 0. The van der Waals surface area contributed by atoms with Gasteiger partial charge in [0.05, 0.1) is 145 Å². The molecule has 0 radical (unpaired) electrons. The fourth-order valence-electron chi connectivity index (χ4n) is 14.6. The van der Waals surface area contributed by atoms with Gasteiger partial charge in [0, 0.05) is 0 Å². The zero-order chi connectivity index (χ0) is 72.5. The normalized spacial score (nSPS) is 39.3. The van der Waals surface area contributed by atoms with Crippen LogP contribution in [0.2, 0.25) is 0 Å². The second-order valence-electron chi connectivity index (χ2n) is 31.2. The molecule has 12 aliphatic heterocycles.